The Morgan fingerprint density at radius 2 is 2.00 bits per heavy atom. The highest BCUT2D eigenvalue weighted by molar-refractivity contribution is 7.99. The van der Waals surface area contributed by atoms with Crippen LogP contribution in [0.25, 0.3) is 0 Å². The lowest BCUT2D eigenvalue weighted by Crippen LogP contribution is -2.33. The molecule has 2 aliphatic rings. The van der Waals surface area contributed by atoms with Crippen LogP contribution in [0.1, 0.15) is 44.1 Å². The summed E-state index contributed by atoms with van der Waals surface area (Å²) in [5.41, 5.74) is 1.18. The third-order valence-electron chi connectivity index (χ3n) is 5.62. The monoisotopic (exact) mass is 416 g/mol. The quantitative estimate of drug-likeness (QED) is 0.448. The van der Waals surface area contributed by atoms with Crippen molar-refractivity contribution in [2.75, 3.05) is 37.0 Å². The molecule has 4 rings (SSSR count). The average Bonchev–Trinajstić information content (AvgIpc) is 3.40. The molecule has 2 saturated heterocycles. The van der Waals surface area contributed by atoms with Gasteiger partial charge >= 0.3 is 0 Å². The first-order valence-corrected chi connectivity index (χ1v) is 11.9. The van der Waals surface area contributed by atoms with Crippen LogP contribution in [0.3, 0.4) is 0 Å². The van der Waals surface area contributed by atoms with E-state index in [0.717, 1.165) is 74.7 Å². The van der Waals surface area contributed by atoms with Crippen LogP contribution in [0, 0.1) is 6.92 Å². The van der Waals surface area contributed by atoms with Crippen LogP contribution in [-0.2, 0) is 11.3 Å². The van der Waals surface area contributed by atoms with Crippen molar-refractivity contribution in [3.05, 3.63) is 29.8 Å². The fourth-order valence-corrected chi connectivity index (χ4v) is 4.85. The standard InChI is InChI=1S/C22H32N4O2S/c1-18-9-3-4-11-20(18)28-15-8-16-29-22-24-23-21(25-12-5-2-6-13-25)26(22)17-19-10-7-14-27-19/h3-4,9,11,19H,2,5-8,10,12-17H2,1H3/t19-/m1/s1. The SMILES string of the molecule is Cc1ccccc1OCCCSc1nnc(N2CCCCC2)n1C[C@H]1CCCO1. The van der Waals surface area contributed by atoms with Gasteiger partial charge in [0.25, 0.3) is 0 Å². The highest BCUT2D eigenvalue weighted by atomic mass is 32.2. The van der Waals surface area contributed by atoms with Crippen molar-refractivity contribution >= 4 is 17.7 Å². The molecule has 1 aromatic heterocycles. The smallest absolute Gasteiger partial charge is 0.228 e. The Kier molecular flexibility index (Phi) is 7.33. The first-order valence-electron chi connectivity index (χ1n) is 10.9. The third kappa shape index (κ3) is 5.45. The summed E-state index contributed by atoms with van der Waals surface area (Å²) >= 11 is 1.78. The van der Waals surface area contributed by atoms with Gasteiger partial charge in [-0.15, -0.1) is 10.2 Å². The van der Waals surface area contributed by atoms with E-state index in [1.807, 2.05) is 18.2 Å². The van der Waals surface area contributed by atoms with E-state index in [1.54, 1.807) is 11.8 Å². The minimum atomic E-state index is 0.290. The van der Waals surface area contributed by atoms with Gasteiger partial charge in [0.1, 0.15) is 5.75 Å². The zero-order valence-electron chi connectivity index (χ0n) is 17.4. The van der Waals surface area contributed by atoms with Gasteiger partial charge < -0.3 is 14.4 Å². The lowest BCUT2D eigenvalue weighted by Gasteiger charge is -2.28. The van der Waals surface area contributed by atoms with Crippen molar-refractivity contribution in [1.29, 1.82) is 0 Å². The van der Waals surface area contributed by atoms with Gasteiger partial charge in [0, 0.05) is 25.4 Å². The summed E-state index contributed by atoms with van der Waals surface area (Å²) in [6.45, 7) is 6.71. The Labute approximate surface area is 178 Å². The van der Waals surface area contributed by atoms with Gasteiger partial charge in [-0.2, -0.15) is 0 Å². The van der Waals surface area contributed by atoms with E-state index in [0.29, 0.717) is 6.10 Å². The number of ether oxygens (including phenoxy) is 2. The first-order chi connectivity index (χ1) is 14.3. The third-order valence-corrected chi connectivity index (χ3v) is 6.67. The zero-order valence-corrected chi connectivity index (χ0v) is 18.2. The number of anilines is 1. The van der Waals surface area contributed by atoms with Crippen LogP contribution < -0.4 is 9.64 Å². The largest absolute Gasteiger partial charge is 0.493 e. The maximum atomic E-state index is 5.93. The van der Waals surface area contributed by atoms with Crippen LogP contribution in [0.15, 0.2) is 29.4 Å². The molecule has 0 saturated carbocycles. The molecule has 29 heavy (non-hydrogen) atoms. The minimum absolute atomic E-state index is 0.290. The zero-order chi connectivity index (χ0) is 19.9. The van der Waals surface area contributed by atoms with Gasteiger partial charge in [-0.05, 0) is 57.1 Å². The fourth-order valence-electron chi connectivity index (χ4n) is 3.99. The van der Waals surface area contributed by atoms with Crippen molar-refractivity contribution in [3.63, 3.8) is 0 Å². The summed E-state index contributed by atoms with van der Waals surface area (Å²) in [6.07, 6.45) is 7.36. The first kappa shape index (κ1) is 20.5. The number of nitrogens with zero attached hydrogens (tertiary/aromatic N) is 4. The van der Waals surface area contributed by atoms with E-state index < -0.39 is 0 Å². The van der Waals surface area contributed by atoms with Crippen molar-refractivity contribution < 1.29 is 9.47 Å². The van der Waals surface area contributed by atoms with Gasteiger partial charge in [0.05, 0.1) is 19.3 Å². The van der Waals surface area contributed by atoms with E-state index in [9.17, 15) is 0 Å². The van der Waals surface area contributed by atoms with Crippen LogP contribution >= 0.6 is 11.8 Å². The molecule has 0 N–H and O–H groups in total. The summed E-state index contributed by atoms with van der Waals surface area (Å²) in [7, 11) is 0. The summed E-state index contributed by atoms with van der Waals surface area (Å²) < 4.78 is 14.1. The number of benzene rings is 1. The van der Waals surface area contributed by atoms with E-state index in [2.05, 4.69) is 32.7 Å². The molecule has 0 spiro atoms. The summed E-state index contributed by atoms with van der Waals surface area (Å²) in [5.74, 6) is 2.97. The maximum absolute atomic E-state index is 5.93. The van der Waals surface area contributed by atoms with E-state index in [-0.39, 0.29) is 0 Å². The second-order valence-corrected chi connectivity index (χ2v) is 8.95. The van der Waals surface area contributed by atoms with Gasteiger partial charge in [0.2, 0.25) is 5.95 Å². The molecule has 2 fully saturated rings. The lowest BCUT2D eigenvalue weighted by atomic mass is 10.1. The van der Waals surface area contributed by atoms with Gasteiger partial charge in [-0.3, -0.25) is 4.57 Å². The molecule has 0 radical (unpaired) electrons. The highest BCUT2D eigenvalue weighted by Crippen LogP contribution is 2.27. The van der Waals surface area contributed by atoms with Gasteiger partial charge in [0.15, 0.2) is 5.16 Å². The molecule has 1 atom stereocenters. The molecule has 2 aliphatic heterocycles. The summed E-state index contributed by atoms with van der Waals surface area (Å²) in [4.78, 5) is 2.40. The molecular formula is C22H32N4O2S. The second-order valence-electron chi connectivity index (χ2n) is 7.89. The van der Waals surface area contributed by atoms with Gasteiger partial charge in [-0.1, -0.05) is 30.0 Å². The van der Waals surface area contributed by atoms with Crippen molar-refractivity contribution in [2.24, 2.45) is 0 Å². The summed E-state index contributed by atoms with van der Waals surface area (Å²) in [6, 6.07) is 8.18. The molecular weight excluding hydrogens is 384 g/mol. The molecule has 0 unspecified atom stereocenters. The number of para-hydroxylation sites is 1. The summed E-state index contributed by atoms with van der Waals surface area (Å²) in [5, 5.41) is 10.1. The Balaban J connectivity index is 1.34. The van der Waals surface area contributed by atoms with Crippen LogP contribution in [-0.4, -0.2) is 52.9 Å². The Bertz CT molecular complexity index is 770. The van der Waals surface area contributed by atoms with Crippen molar-refractivity contribution in [2.45, 2.75) is 63.3 Å². The van der Waals surface area contributed by atoms with Crippen LogP contribution in [0.5, 0.6) is 5.75 Å². The molecule has 1 aromatic carbocycles. The average molecular weight is 417 g/mol. The predicted molar refractivity (Wildman–Crippen MR) is 117 cm³/mol. The van der Waals surface area contributed by atoms with Crippen LogP contribution in [0.2, 0.25) is 0 Å². The maximum Gasteiger partial charge on any atom is 0.228 e. The lowest BCUT2D eigenvalue weighted by molar-refractivity contribution is 0.0951. The van der Waals surface area contributed by atoms with Crippen molar-refractivity contribution in [3.8, 4) is 5.75 Å². The number of thioether (sulfide) groups is 1. The Morgan fingerprint density at radius 3 is 2.79 bits per heavy atom. The topological polar surface area (TPSA) is 52.4 Å². The molecule has 7 heteroatoms. The minimum Gasteiger partial charge on any atom is -0.493 e. The molecule has 0 aliphatic carbocycles. The fraction of sp³-hybridized carbons (Fsp3) is 0.636. The number of aromatic nitrogens is 3. The number of hydrogen-bond acceptors (Lipinski definition) is 6. The second kappa shape index (κ2) is 10.3. The molecule has 0 bridgehead atoms. The molecule has 158 valence electrons. The molecule has 6 nitrogen and oxygen atoms in total. The van der Waals surface area contributed by atoms with Crippen LogP contribution in [0.4, 0.5) is 5.95 Å². The van der Waals surface area contributed by atoms with E-state index >= 15 is 0 Å². The molecule has 2 aromatic rings. The molecule has 3 heterocycles. The number of aryl methyl sites for hydroxylation is 1. The Morgan fingerprint density at radius 1 is 1.14 bits per heavy atom. The van der Waals surface area contributed by atoms with Crippen molar-refractivity contribution in [1.82, 2.24) is 14.8 Å². The molecule has 0 amide bonds. The van der Waals surface area contributed by atoms with E-state index in [1.165, 1.54) is 24.8 Å². The normalized spacial score (nSPS) is 19.6. The number of hydrogen-bond donors (Lipinski definition) is 0. The Hall–Kier alpha value is -1.73. The van der Waals surface area contributed by atoms with Gasteiger partial charge in [-0.25, -0.2) is 0 Å². The highest BCUT2D eigenvalue weighted by Gasteiger charge is 2.24. The number of piperidine rings is 1. The number of rotatable bonds is 9. The predicted octanol–water partition coefficient (Wildman–Crippen LogP) is 4.32. The van der Waals surface area contributed by atoms with E-state index in [4.69, 9.17) is 9.47 Å².